The number of nitrogens with zero attached hydrogens (tertiary/aromatic N) is 1. The molecule has 1 aliphatic rings. The minimum atomic E-state index is -0.681. The Balaban J connectivity index is 1.58. The van der Waals surface area contributed by atoms with Gasteiger partial charge in [0.25, 0.3) is 23.6 Å². The molecule has 126 valence electrons. The van der Waals surface area contributed by atoms with Crippen molar-refractivity contribution in [2.75, 3.05) is 6.54 Å². The molecule has 25 heavy (non-hydrogen) atoms. The molecule has 2 aromatic rings. The maximum absolute atomic E-state index is 12.2. The van der Waals surface area contributed by atoms with Crippen LogP contribution in [-0.4, -0.2) is 35.1 Å². The fraction of sp³-hybridized carbons (Fsp3) is 0.0588. The maximum Gasteiger partial charge on any atom is 0.269 e. The second-order valence-corrected chi connectivity index (χ2v) is 6.17. The largest absolute Gasteiger partial charge is 0.271 e. The molecular formula is C17H12BrN3O4. The van der Waals surface area contributed by atoms with Crippen molar-refractivity contribution in [3.8, 4) is 0 Å². The number of hydrogen-bond acceptors (Lipinski definition) is 4. The summed E-state index contributed by atoms with van der Waals surface area (Å²) in [5.41, 5.74) is 5.31. The van der Waals surface area contributed by atoms with E-state index in [9.17, 15) is 19.2 Å². The van der Waals surface area contributed by atoms with Crippen molar-refractivity contribution >= 4 is 39.6 Å². The molecule has 0 atom stereocenters. The molecular weight excluding hydrogens is 390 g/mol. The molecule has 0 spiro atoms. The monoisotopic (exact) mass is 401 g/mol. The normalized spacial score (nSPS) is 12.8. The zero-order valence-corrected chi connectivity index (χ0v) is 14.4. The van der Waals surface area contributed by atoms with Crippen LogP contribution in [-0.2, 0) is 4.79 Å². The summed E-state index contributed by atoms with van der Waals surface area (Å²) in [5, 5.41) is 0. The Morgan fingerprint density at radius 3 is 2.00 bits per heavy atom. The summed E-state index contributed by atoms with van der Waals surface area (Å²) in [6.07, 6.45) is 0. The minimum absolute atomic E-state index is 0.263. The quantitative estimate of drug-likeness (QED) is 0.601. The van der Waals surface area contributed by atoms with Crippen LogP contribution in [0, 0.1) is 0 Å². The zero-order chi connectivity index (χ0) is 18.0. The van der Waals surface area contributed by atoms with Gasteiger partial charge in [0.2, 0.25) is 0 Å². The number of hydrogen-bond donors (Lipinski definition) is 2. The lowest BCUT2D eigenvalue weighted by atomic mass is 10.1. The fourth-order valence-electron chi connectivity index (χ4n) is 2.37. The molecule has 0 fully saturated rings. The van der Waals surface area contributed by atoms with Gasteiger partial charge in [-0.1, -0.05) is 28.1 Å². The summed E-state index contributed by atoms with van der Waals surface area (Å²) in [7, 11) is 0. The minimum Gasteiger partial charge on any atom is -0.271 e. The highest BCUT2D eigenvalue weighted by atomic mass is 79.9. The lowest BCUT2D eigenvalue weighted by Crippen LogP contribution is -2.47. The van der Waals surface area contributed by atoms with Crippen molar-refractivity contribution in [2.24, 2.45) is 0 Å². The molecule has 0 unspecified atom stereocenters. The Hall–Kier alpha value is -3.00. The number of carbonyl (C=O) groups excluding carboxylic acids is 4. The molecule has 0 saturated heterocycles. The molecule has 7 nitrogen and oxygen atoms in total. The average molecular weight is 402 g/mol. The number of halogens is 1. The highest BCUT2D eigenvalue weighted by Crippen LogP contribution is 2.21. The van der Waals surface area contributed by atoms with E-state index in [1.54, 1.807) is 36.4 Å². The van der Waals surface area contributed by atoms with Crippen molar-refractivity contribution < 1.29 is 19.2 Å². The summed E-state index contributed by atoms with van der Waals surface area (Å²) >= 11 is 3.26. The summed E-state index contributed by atoms with van der Waals surface area (Å²) < 4.78 is 0.818. The van der Waals surface area contributed by atoms with Gasteiger partial charge < -0.3 is 0 Å². The molecule has 0 bridgehead atoms. The van der Waals surface area contributed by atoms with Crippen LogP contribution < -0.4 is 10.9 Å². The highest BCUT2D eigenvalue weighted by molar-refractivity contribution is 9.10. The van der Waals surface area contributed by atoms with Crippen LogP contribution in [0.3, 0.4) is 0 Å². The molecule has 4 amide bonds. The second kappa shape index (κ2) is 6.86. The van der Waals surface area contributed by atoms with E-state index in [0.29, 0.717) is 5.56 Å². The summed E-state index contributed by atoms with van der Waals surface area (Å²) in [6.45, 7) is -0.479. The summed E-state index contributed by atoms with van der Waals surface area (Å²) in [4.78, 5) is 49.0. The van der Waals surface area contributed by atoms with E-state index in [1.807, 2.05) is 0 Å². The van der Waals surface area contributed by atoms with Gasteiger partial charge in [-0.05, 0) is 36.4 Å². The summed E-state index contributed by atoms with van der Waals surface area (Å²) in [5.74, 6) is -2.26. The molecule has 3 rings (SSSR count). The van der Waals surface area contributed by atoms with Crippen molar-refractivity contribution in [1.82, 2.24) is 15.8 Å². The Bertz CT molecular complexity index is 845. The smallest absolute Gasteiger partial charge is 0.269 e. The third-order valence-electron chi connectivity index (χ3n) is 3.60. The van der Waals surface area contributed by atoms with Crippen LogP contribution >= 0.6 is 15.9 Å². The predicted octanol–water partition coefficient (Wildman–Crippen LogP) is 1.51. The van der Waals surface area contributed by atoms with Crippen molar-refractivity contribution in [3.63, 3.8) is 0 Å². The Labute approximate surface area is 151 Å². The van der Waals surface area contributed by atoms with Gasteiger partial charge in [-0.25, -0.2) is 0 Å². The summed E-state index contributed by atoms with van der Waals surface area (Å²) in [6, 6.07) is 12.9. The van der Waals surface area contributed by atoms with Gasteiger partial charge in [-0.15, -0.1) is 0 Å². The van der Waals surface area contributed by atoms with E-state index in [1.165, 1.54) is 12.1 Å². The van der Waals surface area contributed by atoms with Gasteiger partial charge in [0, 0.05) is 10.0 Å². The highest BCUT2D eigenvalue weighted by Gasteiger charge is 2.36. The van der Waals surface area contributed by atoms with E-state index in [2.05, 4.69) is 26.8 Å². The fourth-order valence-corrected chi connectivity index (χ4v) is 2.63. The maximum atomic E-state index is 12.2. The Kier molecular flexibility index (Phi) is 4.62. The number of benzene rings is 2. The van der Waals surface area contributed by atoms with Gasteiger partial charge in [-0.2, -0.15) is 0 Å². The van der Waals surface area contributed by atoms with E-state index in [0.717, 1.165) is 9.37 Å². The van der Waals surface area contributed by atoms with E-state index >= 15 is 0 Å². The third-order valence-corrected chi connectivity index (χ3v) is 4.13. The predicted molar refractivity (Wildman–Crippen MR) is 91.6 cm³/mol. The van der Waals surface area contributed by atoms with Crippen LogP contribution in [0.15, 0.2) is 53.0 Å². The third kappa shape index (κ3) is 3.43. The van der Waals surface area contributed by atoms with Crippen molar-refractivity contribution in [2.45, 2.75) is 0 Å². The topological polar surface area (TPSA) is 95.6 Å². The average Bonchev–Trinajstić information content (AvgIpc) is 2.86. The standard InChI is InChI=1S/C17H12BrN3O4/c18-11-7-5-10(6-8-11)15(23)20-19-14(22)9-21-16(24)12-3-1-2-4-13(12)17(21)25/h1-8H,9H2,(H,19,22)(H,20,23). The van der Waals surface area contributed by atoms with Crippen LogP contribution in [0.2, 0.25) is 0 Å². The van der Waals surface area contributed by atoms with Crippen LogP contribution in [0.5, 0.6) is 0 Å². The molecule has 1 heterocycles. The first-order chi connectivity index (χ1) is 12.0. The Morgan fingerprint density at radius 2 is 1.44 bits per heavy atom. The van der Waals surface area contributed by atoms with Crippen molar-refractivity contribution in [1.29, 1.82) is 0 Å². The number of imide groups is 1. The van der Waals surface area contributed by atoms with E-state index in [-0.39, 0.29) is 11.1 Å². The number of amides is 4. The first-order valence-electron chi connectivity index (χ1n) is 7.27. The molecule has 0 aromatic heterocycles. The SMILES string of the molecule is O=C(CN1C(=O)c2ccccc2C1=O)NNC(=O)c1ccc(Br)cc1. The number of carbonyl (C=O) groups is 4. The van der Waals surface area contributed by atoms with Crippen LogP contribution in [0.4, 0.5) is 0 Å². The molecule has 2 aromatic carbocycles. The molecule has 0 aliphatic carbocycles. The number of rotatable bonds is 3. The molecule has 0 saturated carbocycles. The van der Waals surface area contributed by atoms with Gasteiger partial charge in [0.15, 0.2) is 0 Å². The van der Waals surface area contributed by atoms with Gasteiger partial charge in [-0.3, -0.25) is 34.9 Å². The number of nitrogens with one attached hydrogen (secondary N) is 2. The molecule has 2 N–H and O–H groups in total. The van der Waals surface area contributed by atoms with Crippen molar-refractivity contribution in [3.05, 3.63) is 69.7 Å². The molecule has 0 radical (unpaired) electrons. The second-order valence-electron chi connectivity index (χ2n) is 5.25. The first kappa shape index (κ1) is 16.8. The van der Waals surface area contributed by atoms with Gasteiger partial charge in [0.05, 0.1) is 11.1 Å². The van der Waals surface area contributed by atoms with E-state index < -0.39 is 30.2 Å². The Morgan fingerprint density at radius 1 is 0.880 bits per heavy atom. The number of hydrazine groups is 1. The lowest BCUT2D eigenvalue weighted by molar-refractivity contribution is -0.122. The van der Waals surface area contributed by atoms with Gasteiger partial charge in [0.1, 0.15) is 6.54 Å². The van der Waals surface area contributed by atoms with Crippen LogP contribution in [0.25, 0.3) is 0 Å². The zero-order valence-electron chi connectivity index (χ0n) is 12.8. The number of fused-ring (bicyclic) bond motifs is 1. The first-order valence-corrected chi connectivity index (χ1v) is 8.06. The van der Waals surface area contributed by atoms with Gasteiger partial charge >= 0.3 is 0 Å². The molecule has 1 aliphatic heterocycles. The molecule has 8 heteroatoms. The van der Waals surface area contributed by atoms with E-state index in [4.69, 9.17) is 0 Å². The van der Waals surface area contributed by atoms with Crippen LogP contribution in [0.1, 0.15) is 31.1 Å². The lowest BCUT2D eigenvalue weighted by Gasteiger charge is -2.14.